The second kappa shape index (κ2) is 6.85. The summed E-state index contributed by atoms with van der Waals surface area (Å²) in [5.74, 6) is 0.280. The van der Waals surface area contributed by atoms with E-state index in [-0.39, 0.29) is 5.97 Å². The fraction of sp³-hybridized carbons (Fsp3) is 0.267. The van der Waals surface area contributed by atoms with Crippen LogP contribution in [0, 0.1) is 20.8 Å². The predicted octanol–water partition coefficient (Wildman–Crippen LogP) is 3.66. The lowest BCUT2D eigenvalue weighted by molar-refractivity contribution is 0.0602. The first kappa shape index (κ1) is 16.4. The molecule has 0 aliphatic rings. The molecule has 0 aliphatic heterocycles. The summed E-state index contributed by atoms with van der Waals surface area (Å²) in [5.41, 5.74) is 2.48. The van der Waals surface area contributed by atoms with E-state index < -0.39 is 0 Å². The summed E-state index contributed by atoms with van der Waals surface area (Å²) in [6.45, 7) is 5.84. The highest BCUT2D eigenvalue weighted by Crippen LogP contribution is 2.28. The molecule has 2 N–H and O–H groups in total. The second-order valence-corrected chi connectivity index (χ2v) is 6.51. The normalized spacial score (nSPS) is 10.2. The number of nitrogens with zero attached hydrogens (tertiary/aromatic N) is 1. The Labute approximate surface area is 138 Å². The van der Waals surface area contributed by atoms with Crippen molar-refractivity contribution >= 4 is 45.5 Å². The molecule has 0 radical (unpaired) electrons. The zero-order valence-corrected chi connectivity index (χ0v) is 14.4. The highest BCUT2D eigenvalue weighted by molar-refractivity contribution is 7.80. The SMILES string of the molecule is COC(=O)c1cc(C)sc1NC(=S)Nc1cc(C)cc(C)n1. The van der Waals surface area contributed by atoms with Crippen molar-refractivity contribution < 1.29 is 9.53 Å². The molecule has 0 bridgehead atoms. The highest BCUT2D eigenvalue weighted by Gasteiger charge is 2.16. The number of thiophene rings is 1. The molecule has 0 saturated heterocycles. The number of carbonyl (C=O) groups is 1. The van der Waals surface area contributed by atoms with E-state index in [1.807, 2.05) is 32.9 Å². The largest absolute Gasteiger partial charge is 0.465 e. The Morgan fingerprint density at radius 3 is 2.59 bits per heavy atom. The number of esters is 1. The van der Waals surface area contributed by atoms with E-state index in [4.69, 9.17) is 17.0 Å². The molecule has 2 heterocycles. The van der Waals surface area contributed by atoms with Gasteiger partial charge in [0.1, 0.15) is 10.8 Å². The average molecular weight is 335 g/mol. The van der Waals surface area contributed by atoms with Crippen LogP contribution in [0.3, 0.4) is 0 Å². The molecule has 0 fully saturated rings. The predicted molar refractivity (Wildman–Crippen MR) is 93.9 cm³/mol. The third kappa shape index (κ3) is 4.02. The zero-order chi connectivity index (χ0) is 16.3. The molecule has 22 heavy (non-hydrogen) atoms. The van der Waals surface area contributed by atoms with Crippen molar-refractivity contribution in [1.29, 1.82) is 0 Å². The van der Waals surface area contributed by atoms with E-state index in [9.17, 15) is 4.79 Å². The van der Waals surface area contributed by atoms with Gasteiger partial charge in [-0.05, 0) is 56.8 Å². The fourth-order valence-electron chi connectivity index (χ4n) is 2.02. The van der Waals surface area contributed by atoms with Crippen LogP contribution in [-0.2, 0) is 4.74 Å². The number of anilines is 2. The molecule has 7 heteroatoms. The molecule has 0 atom stereocenters. The third-order valence-electron chi connectivity index (χ3n) is 2.83. The van der Waals surface area contributed by atoms with Crippen LogP contribution in [0.5, 0.6) is 0 Å². The Balaban J connectivity index is 2.14. The van der Waals surface area contributed by atoms with Crippen LogP contribution in [0.15, 0.2) is 18.2 Å². The molecule has 0 amide bonds. The van der Waals surface area contributed by atoms with Crippen LogP contribution in [0.25, 0.3) is 0 Å². The van der Waals surface area contributed by atoms with Crippen molar-refractivity contribution in [3.63, 3.8) is 0 Å². The van der Waals surface area contributed by atoms with Gasteiger partial charge in [-0.15, -0.1) is 11.3 Å². The minimum atomic E-state index is -0.390. The molecular formula is C15H17N3O2S2. The number of rotatable bonds is 3. The van der Waals surface area contributed by atoms with Crippen LogP contribution in [-0.4, -0.2) is 23.2 Å². The maximum absolute atomic E-state index is 11.7. The Hall–Kier alpha value is -1.99. The molecule has 0 aromatic carbocycles. The van der Waals surface area contributed by atoms with E-state index >= 15 is 0 Å². The van der Waals surface area contributed by atoms with Crippen LogP contribution in [0.2, 0.25) is 0 Å². The van der Waals surface area contributed by atoms with Gasteiger partial charge in [0.05, 0.1) is 12.7 Å². The van der Waals surface area contributed by atoms with Crippen molar-refractivity contribution in [3.8, 4) is 0 Å². The number of carbonyl (C=O) groups excluding carboxylic acids is 1. The van der Waals surface area contributed by atoms with Crippen LogP contribution < -0.4 is 10.6 Å². The van der Waals surface area contributed by atoms with Gasteiger partial charge in [0.2, 0.25) is 0 Å². The number of pyridine rings is 1. The lowest BCUT2D eigenvalue weighted by Crippen LogP contribution is -2.20. The summed E-state index contributed by atoms with van der Waals surface area (Å²) in [6.07, 6.45) is 0. The Kier molecular flexibility index (Phi) is 5.10. The lowest BCUT2D eigenvalue weighted by Gasteiger charge is -2.10. The maximum Gasteiger partial charge on any atom is 0.340 e. The first-order valence-electron chi connectivity index (χ1n) is 6.61. The quantitative estimate of drug-likeness (QED) is 0.659. The van der Waals surface area contributed by atoms with Gasteiger partial charge in [-0.2, -0.15) is 0 Å². The first-order valence-corrected chi connectivity index (χ1v) is 7.83. The number of hydrogen-bond donors (Lipinski definition) is 2. The van der Waals surface area contributed by atoms with Crippen LogP contribution >= 0.6 is 23.6 Å². The lowest BCUT2D eigenvalue weighted by atomic mass is 10.2. The van der Waals surface area contributed by atoms with Gasteiger partial charge < -0.3 is 15.4 Å². The molecule has 0 spiro atoms. The third-order valence-corrected chi connectivity index (χ3v) is 4.00. The number of ether oxygens (including phenoxy) is 1. The van der Waals surface area contributed by atoms with Crippen molar-refractivity contribution in [2.75, 3.05) is 17.7 Å². The summed E-state index contributed by atoms with van der Waals surface area (Å²) < 4.78 is 4.77. The number of aryl methyl sites for hydroxylation is 3. The Bertz CT molecular complexity index is 705. The number of aromatic nitrogens is 1. The van der Waals surface area contributed by atoms with E-state index in [0.29, 0.717) is 21.5 Å². The summed E-state index contributed by atoms with van der Waals surface area (Å²) >= 11 is 6.73. The molecule has 2 aromatic heterocycles. The zero-order valence-electron chi connectivity index (χ0n) is 12.8. The second-order valence-electron chi connectivity index (χ2n) is 4.84. The average Bonchev–Trinajstić information content (AvgIpc) is 2.77. The minimum absolute atomic E-state index is 0.379. The number of nitrogens with one attached hydrogen (secondary N) is 2. The van der Waals surface area contributed by atoms with Gasteiger partial charge >= 0.3 is 5.97 Å². The smallest absolute Gasteiger partial charge is 0.340 e. The molecule has 5 nitrogen and oxygen atoms in total. The Morgan fingerprint density at radius 2 is 1.95 bits per heavy atom. The summed E-state index contributed by atoms with van der Waals surface area (Å²) in [6, 6.07) is 5.66. The minimum Gasteiger partial charge on any atom is -0.465 e. The Morgan fingerprint density at radius 1 is 1.23 bits per heavy atom. The highest BCUT2D eigenvalue weighted by atomic mass is 32.1. The molecule has 0 unspecified atom stereocenters. The maximum atomic E-state index is 11.7. The monoisotopic (exact) mass is 335 g/mol. The van der Waals surface area contributed by atoms with E-state index in [0.717, 1.165) is 16.1 Å². The molecule has 0 aliphatic carbocycles. The molecule has 116 valence electrons. The topological polar surface area (TPSA) is 63.2 Å². The van der Waals surface area contributed by atoms with E-state index in [2.05, 4.69) is 15.6 Å². The molecular weight excluding hydrogens is 318 g/mol. The van der Waals surface area contributed by atoms with Gasteiger partial charge in [-0.25, -0.2) is 9.78 Å². The molecule has 0 saturated carbocycles. The van der Waals surface area contributed by atoms with Crippen LogP contribution in [0.4, 0.5) is 10.8 Å². The molecule has 2 rings (SSSR count). The van der Waals surface area contributed by atoms with Gasteiger partial charge in [-0.3, -0.25) is 0 Å². The van der Waals surface area contributed by atoms with Gasteiger partial charge in [-0.1, -0.05) is 0 Å². The number of hydrogen-bond acceptors (Lipinski definition) is 5. The van der Waals surface area contributed by atoms with Crippen molar-refractivity contribution in [2.24, 2.45) is 0 Å². The van der Waals surface area contributed by atoms with Gasteiger partial charge in [0, 0.05) is 10.6 Å². The van der Waals surface area contributed by atoms with Crippen molar-refractivity contribution in [1.82, 2.24) is 4.98 Å². The standard InChI is InChI=1S/C15H17N3O2S2/c1-8-5-9(2)16-12(6-8)17-15(21)18-13-11(14(19)20-4)7-10(3)22-13/h5-7H,1-4H3,(H2,16,17,18,21). The van der Waals surface area contributed by atoms with Gasteiger partial charge in [0.25, 0.3) is 0 Å². The van der Waals surface area contributed by atoms with Crippen molar-refractivity contribution in [3.05, 3.63) is 39.9 Å². The van der Waals surface area contributed by atoms with Crippen LogP contribution in [0.1, 0.15) is 26.5 Å². The first-order chi connectivity index (χ1) is 10.4. The molecule has 2 aromatic rings. The summed E-state index contributed by atoms with van der Waals surface area (Å²) in [5, 5.41) is 7.10. The summed E-state index contributed by atoms with van der Waals surface area (Å²) in [7, 11) is 1.36. The van der Waals surface area contributed by atoms with Crippen molar-refractivity contribution in [2.45, 2.75) is 20.8 Å². The number of thiocarbonyl (C=S) groups is 1. The van der Waals surface area contributed by atoms with E-state index in [1.54, 1.807) is 6.07 Å². The summed E-state index contributed by atoms with van der Waals surface area (Å²) in [4.78, 5) is 17.1. The van der Waals surface area contributed by atoms with Gasteiger partial charge in [0.15, 0.2) is 5.11 Å². The fourth-order valence-corrected chi connectivity index (χ4v) is 3.20. The number of methoxy groups -OCH3 is 1. The van der Waals surface area contributed by atoms with E-state index in [1.165, 1.54) is 18.4 Å².